The van der Waals surface area contributed by atoms with E-state index in [1.165, 1.54) is 0 Å². The number of fused-ring (bicyclic) bond motifs is 1. The average Bonchev–Trinajstić information content (AvgIpc) is 2.43. The van der Waals surface area contributed by atoms with E-state index in [0.29, 0.717) is 17.9 Å². The molecule has 120 valence electrons. The van der Waals surface area contributed by atoms with E-state index >= 15 is 0 Å². The van der Waals surface area contributed by atoms with Crippen molar-refractivity contribution in [2.75, 3.05) is 6.79 Å². The van der Waals surface area contributed by atoms with Crippen molar-refractivity contribution in [3.63, 3.8) is 0 Å². The Bertz CT molecular complexity index is 576. The fraction of sp³-hybridized carbons (Fsp3) is 0.500. The fourth-order valence-electron chi connectivity index (χ4n) is 2.02. The highest BCUT2D eigenvalue weighted by Gasteiger charge is 2.23. The molecule has 0 aromatic heterocycles. The van der Waals surface area contributed by atoms with Gasteiger partial charge >= 0.3 is 6.09 Å². The molecule has 1 atom stereocenters. The first kappa shape index (κ1) is 16.3. The minimum atomic E-state index is -0.687. The number of benzene rings is 1. The molecule has 22 heavy (non-hydrogen) atoms. The van der Waals surface area contributed by atoms with Crippen LogP contribution in [-0.4, -0.2) is 30.3 Å². The van der Waals surface area contributed by atoms with Crippen LogP contribution in [0.1, 0.15) is 43.6 Å². The summed E-state index contributed by atoms with van der Waals surface area (Å²) in [4.78, 5) is 24.1. The van der Waals surface area contributed by atoms with E-state index < -0.39 is 17.7 Å². The third-order valence-electron chi connectivity index (χ3n) is 3.03. The van der Waals surface area contributed by atoms with Crippen molar-refractivity contribution in [2.45, 2.75) is 45.9 Å². The highest BCUT2D eigenvalue weighted by molar-refractivity contribution is 6.01. The zero-order valence-electron chi connectivity index (χ0n) is 13.3. The molecule has 1 aromatic rings. The molecule has 0 saturated carbocycles. The van der Waals surface area contributed by atoms with Gasteiger partial charge in [-0.25, -0.2) is 4.79 Å². The molecule has 1 aromatic carbocycles. The maximum atomic E-state index is 12.4. The van der Waals surface area contributed by atoms with Crippen LogP contribution in [0, 0.1) is 0 Å². The SMILES string of the molecule is CC(NC(=O)OC(C)(C)C)C(=O)c1ccc2c(c1)OCOC2. The van der Waals surface area contributed by atoms with Crippen molar-refractivity contribution in [2.24, 2.45) is 0 Å². The number of alkyl carbamates (subject to hydrolysis) is 1. The Labute approximate surface area is 129 Å². The lowest BCUT2D eigenvalue weighted by Crippen LogP contribution is -2.41. The van der Waals surface area contributed by atoms with Crippen LogP contribution in [0.2, 0.25) is 0 Å². The summed E-state index contributed by atoms with van der Waals surface area (Å²) >= 11 is 0. The summed E-state index contributed by atoms with van der Waals surface area (Å²) in [5.41, 5.74) is 0.770. The summed E-state index contributed by atoms with van der Waals surface area (Å²) in [6.07, 6.45) is -0.615. The third kappa shape index (κ3) is 4.21. The second-order valence-corrected chi connectivity index (χ2v) is 6.17. The molecular formula is C16H21NO5. The molecule has 6 heteroatoms. The zero-order valence-corrected chi connectivity index (χ0v) is 13.3. The van der Waals surface area contributed by atoms with Gasteiger partial charge in [0.1, 0.15) is 11.4 Å². The Kier molecular flexibility index (Phi) is 4.71. The van der Waals surface area contributed by atoms with Crippen molar-refractivity contribution >= 4 is 11.9 Å². The average molecular weight is 307 g/mol. The van der Waals surface area contributed by atoms with Crippen LogP contribution in [0.4, 0.5) is 4.79 Å². The number of ketones is 1. The van der Waals surface area contributed by atoms with Gasteiger partial charge in [-0.3, -0.25) is 4.79 Å². The molecule has 1 heterocycles. The van der Waals surface area contributed by atoms with Crippen LogP contribution in [0.3, 0.4) is 0 Å². The quantitative estimate of drug-likeness (QED) is 0.869. The molecule has 0 spiro atoms. The van der Waals surface area contributed by atoms with Crippen LogP contribution < -0.4 is 10.1 Å². The molecule has 0 saturated heterocycles. The molecule has 0 radical (unpaired) electrons. The molecule has 2 rings (SSSR count). The van der Waals surface area contributed by atoms with Crippen molar-refractivity contribution in [1.29, 1.82) is 0 Å². The van der Waals surface area contributed by atoms with Crippen LogP contribution in [-0.2, 0) is 16.1 Å². The molecular weight excluding hydrogens is 286 g/mol. The monoisotopic (exact) mass is 307 g/mol. The Morgan fingerprint density at radius 2 is 2.05 bits per heavy atom. The summed E-state index contributed by atoms with van der Waals surface area (Å²) < 4.78 is 15.7. The number of amides is 1. The number of nitrogens with one attached hydrogen (secondary N) is 1. The Morgan fingerprint density at radius 3 is 2.73 bits per heavy atom. The topological polar surface area (TPSA) is 73.9 Å². The lowest BCUT2D eigenvalue weighted by Gasteiger charge is -2.22. The standard InChI is InChI=1S/C16H21NO5/c1-10(17-15(19)22-16(2,3)4)14(18)11-5-6-12-8-20-9-21-13(12)7-11/h5-7,10H,8-9H2,1-4H3,(H,17,19). The molecule has 1 N–H and O–H groups in total. The van der Waals surface area contributed by atoms with Gasteiger partial charge in [-0.05, 0) is 33.8 Å². The van der Waals surface area contributed by atoms with Crippen molar-refractivity contribution in [3.05, 3.63) is 29.3 Å². The summed E-state index contributed by atoms with van der Waals surface area (Å²) in [6.45, 7) is 7.56. The van der Waals surface area contributed by atoms with Gasteiger partial charge in [-0.1, -0.05) is 12.1 Å². The van der Waals surface area contributed by atoms with E-state index in [-0.39, 0.29) is 12.6 Å². The van der Waals surface area contributed by atoms with Gasteiger partial charge in [0.2, 0.25) is 0 Å². The first-order valence-corrected chi connectivity index (χ1v) is 7.13. The van der Waals surface area contributed by atoms with Gasteiger partial charge in [-0.2, -0.15) is 0 Å². The number of carbonyl (C=O) groups is 2. The van der Waals surface area contributed by atoms with Gasteiger partial charge in [0, 0.05) is 11.1 Å². The largest absolute Gasteiger partial charge is 0.467 e. The number of hydrogen-bond donors (Lipinski definition) is 1. The predicted octanol–water partition coefficient (Wildman–Crippen LogP) is 2.65. The van der Waals surface area contributed by atoms with Crippen molar-refractivity contribution in [1.82, 2.24) is 5.32 Å². The number of Topliss-reactive ketones (excluding diaryl/α,β-unsaturated/α-hetero) is 1. The third-order valence-corrected chi connectivity index (χ3v) is 3.03. The van der Waals surface area contributed by atoms with Crippen molar-refractivity contribution in [3.8, 4) is 5.75 Å². The second kappa shape index (κ2) is 6.36. The van der Waals surface area contributed by atoms with Gasteiger partial charge < -0.3 is 19.5 Å². The summed E-state index contributed by atoms with van der Waals surface area (Å²) in [6, 6.07) is 4.48. The normalized spacial score (nSPS) is 15.3. The first-order valence-electron chi connectivity index (χ1n) is 7.13. The van der Waals surface area contributed by atoms with Crippen LogP contribution in [0.15, 0.2) is 18.2 Å². The lowest BCUT2D eigenvalue weighted by atomic mass is 10.0. The predicted molar refractivity (Wildman–Crippen MR) is 79.9 cm³/mol. The fourth-order valence-corrected chi connectivity index (χ4v) is 2.02. The molecule has 1 amide bonds. The minimum absolute atomic E-state index is 0.177. The zero-order chi connectivity index (χ0) is 16.3. The second-order valence-electron chi connectivity index (χ2n) is 6.17. The smallest absolute Gasteiger partial charge is 0.408 e. The Balaban J connectivity index is 2.03. The first-order chi connectivity index (χ1) is 10.3. The minimum Gasteiger partial charge on any atom is -0.467 e. The van der Waals surface area contributed by atoms with Gasteiger partial charge in [0.25, 0.3) is 0 Å². The highest BCUT2D eigenvalue weighted by atomic mass is 16.7. The summed E-state index contributed by atoms with van der Waals surface area (Å²) in [7, 11) is 0. The van der Waals surface area contributed by atoms with Crippen LogP contribution >= 0.6 is 0 Å². The van der Waals surface area contributed by atoms with E-state index in [1.807, 2.05) is 0 Å². The summed E-state index contributed by atoms with van der Waals surface area (Å²) in [5, 5.41) is 2.54. The number of ether oxygens (including phenoxy) is 3. The van der Waals surface area contributed by atoms with E-state index in [9.17, 15) is 9.59 Å². The molecule has 1 aliphatic rings. The number of rotatable bonds is 3. The van der Waals surface area contributed by atoms with E-state index in [2.05, 4.69) is 5.32 Å². The maximum Gasteiger partial charge on any atom is 0.408 e. The summed E-state index contributed by atoms with van der Waals surface area (Å²) in [5.74, 6) is 0.435. The number of hydrogen-bond acceptors (Lipinski definition) is 5. The molecule has 0 bridgehead atoms. The Morgan fingerprint density at radius 1 is 1.32 bits per heavy atom. The van der Waals surface area contributed by atoms with Crippen LogP contribution in [0.25, 0.3) is 0 Å². The molecule has 1 unspecified atom stereocenters. The van der Waals surface area contributed by atoms with E-state index in [4.69, 9.17) is 14.2 Å². The Hall–Kier alpha value is -2.08. The highest BCUT2D eigenvalue weighted by Crippen LogP contribution is 2.25. The lowest BCUT2D eigenvalue weighted by molar-refractivity contribution is -0.0164. The maximum absolute atomic E-state index is 12.4. The number of carbonyl (C=O) groups excluding carboxylic acids is 2. The van der Waals surface area contributed by atoms with Gasteiger partial charge in [0.05, 0.1) is 12.6 Å². The molecule has 0 fully saturated rings. The molecule has 0 aliphatic carbocycles. The van der Waals surface area contributed by atoms with Gasteiger partial charge in [0.15, 0.2) is 12.6 Å². The van der Waals surface area contributed by atoms with E-state index in [1.54, 1.807) is 45.9 Å². The van der Waals surface area contributed by atoms with Crippen molar-refractivity contribution < 1.29 is 23.8 Å². The molecule has 6 nitrogen and oxygen atoms in total. The van der Waals surface area contributed by atoms with Gasteiger partial charge in [-0.15, -0.1) is 0 Å². The van der Waals surface area contributed by atoms with E-state index in [0.717, 1.165) is 5.56 Å². The molecule has 1 aliphatic heterocycles. The van der Waals surface area contributed by atoms with Crippen LogP contribution in [0.5, 0.6) is 5.75 Å².